The van der Waals surface area contributed by atoms with Crippen molar-refractivity contribution >= 4 is 12.0 Å². The van der Waals surface area contributed by atoms with Crippen LogP contribution in [0.2, 0.25) is 0 Å². The van der Waals surface area contributed by atoms with E-state index in [-0.39, 0.29) is 19.5 Å². The van der Waals surface area contributed by atoms with E-state index in [1.165, 1.54) is 44.1 Å². The van der Waals surface area contributed by atoms with Crippen molar-refractivity contribution in [2.75, 3.05) is 27.8 Å². The van der Waals surface area contributed by atoms with Crippen LogP contribution in [0.1, 0.15) is 111 Å². The van der Waals surface area contributed by atoms with Crippen LogP contribution in [0.25, 0.3) is 0 Å². The summed E-state index contributed by atoms with van der Waals surface area (Å²) >= 11 is 0. The predicted octanol–water partition coefficient (Wildman–Crippen LogP) is 7.64. The van der Waals surface area contributed by atoms with Crippen molar-refractivity contribution in [3.63, 3.8) is 0 Å². The number of rotatable bonds is 22. The van der Waals surface area contributed by atoms with E-state index in [1.54, 1.807) is 27.9 Å². The number of hydrogen-bond donors (Lipinski definition) is 0. The maximum Gasteiger partial charge on any atom is 0.417 e. The lowest BCUT2D eigenvalue weighted by molar-refractivity contribution is -0.147. The van der Waals surface area contributed by atoms with Gasteiger partial charge in [-0.15, -0.1) is 0 Å². The second-order valence-corrected chi connectivity index (χ2v) is 13.2. The smallest absolute Gasteiger partial charge is 0.417 e. The summed E-state index contributed by atoms with van der Waals surface area (Å²) in [6.07, 6.45) is 9.77. The van der Waals surface area contributed by atoms with Crippen molar-refractivity contribution in [1.82, 2.24) is 4.90 Å². The van der Waals surface area contributed by atoms with E-state index >= 15 is 0 Å². The third kappa shape index (κ3) is 14.4. The minimum Gasteiger partial charge on any atom is -0.443 e. The highest BCUT2D eigenvalue weighted by Crippen LogP contribution is 2.31. The molecule has 252 valence electrons. The molecule has 0 saturated carbocycles. The number of hydrogen-bond acceptors (Lipinski definition) is 8. The zero-order chi connectivity index (χ0) is 32.4. The number of imide groups is 1. The molecule has 0 radical (unpaired) electrons. The zero-order valence-electron chi connectivity index (χ0n) is 28.4. The Morgan fingerprint density at radius 1 is 0.864 bits per heavy atom. The maximum absolute atomic E-state index is 13.6. The highest BCUT2D eigenvalue weighted by molar-refractivity contribution is 5.97. The standard InChI is InChI=1S/C35H59NO8/c1-27(2)23-29(42-25-39-6)21-17-12-10-8-9-11-13-18-22-30-31(43-26-40-7)32(41-24-28-19-15-14-16-20-28)33(37)36(30)34(38)44-35(3,4)5/h14-16,19-20,27,29-32H,8-13,17-18,21-26H2,1-7H3/t29-,30-,31+,32-/m0/s1. The lowest BCUT2D eigenvalue weighted by atomic mass is 9.99. The Morgan fingerprint density at radius 3 is 2.07 bits per heavy atom. The molecule has 2 rings (SSSR count). The van der Waals surface area contributed by atoms with Gasteiger partial charge in [-0.1, -0.05) is 95.5 Å². The molecule has 0 aromatic heterocycles. The van der Waals surface area contributed by atoms with Gasteiger partial charge < -0.3 is 28.4 Å². The van der Waals surface area contributed by atoms with Crippen LogP contribution in [0.15, 0.2) is 30.3 Å². The molecular weight excluding hydrogens is 562 g/mol. The SMILES string of the molecule is COCO[C@@H](CCCCCCCCCC[C@H]1[C@@H](OCOC)[C@H](OCc2ccccc2)C(=O)N1C(=O)OC(C)(C)C)CC(C)C. The van der Waals surface area contributed by atoms with Crippen molar-refractivity contribution in [2.45, 2.75) is 142 Å². The van der Waals surface area contributed by atoms with Crippen LogP contribution in [0.5, 0.6) is 0 Å². The molecule has 4 atom stereocenters. The van der Waals surface area contributed by atoms with Crippen LogP contribution >= 0.6 is 0 Å². The molecule has 0 aliphatic carbocycles. The van der Waals surface area contributed by atoms with Crippen LogP contribution in [0, 0.1) is 5.92 Å². The van der Waals surface area contributed by atoms with Crippen molar-refractivity contribution in [2.24, 2.45) is 5.92 Å². The van der Waals surface area contributed by atoms with Gasteiger partial charge in [-0.3, -0.25) is 4.79 Å². The van der Waals surface area contributed by atoms with Crippen molar-refractivity contribution in [3.05, 3.63) is 35.9 Å². The summed E-state index contributed by atoms with van der Waals surface area (Å²) in [5.41, 5.74) is 0.202. The fourth-order valence-corrected chi connectivity index (χ4v) is 5.64. The summed E-state index contributed by atoms with van der Waals surface area (Å²) in [6.45, 7) is 10.4. The number of unbranched alkanes of at least 4 members (excludes halogenated alkanes) is 7. The predicted molar refractivity (Wildman–Crippen MR) is 171 cm³/mol. The molecule has 1 saturated heterocycles. The lowest BCUT2D eigenvalue weighted by Gasteiger charge is -2.29. The summed E-state index contributed by atoms with van der Waals surface area (Å²) in [6, 6.07) is 9.16. The number of likely N-dealkylation sites (tertiary alicyclic amines) is 1. The second kappa shape index (κ2) is 20.9. The van der Waals surface area contributed by atoms with Gasteiger partial charge in [0, 0.05) is 14.2 Å². The summed E-state index contributed by atoms with van der Waals surface area (Å²) in [4.78, 5) is 28.1. The van der Waals surface area contributed by atoms with Gasteiger partial charge in [0.25, 0.3) is 5.91 Å². The fraction of sp³-hybridized carbons (Fsp3) is 0.771. The number of benzene rings is 1. The number of nitrogens with zero attached hydrogens (tertiary/aromatic N) is 1. The third-order valence-corrected chi connectivity index (χ3v) is 7.66. The molecule has 0 unspecified atom stereocenters. The molecule has 1 aliphatic rings. The number of carbonyl (C=O) groups is 2. The van der Waals surface area contributed by atoms with E-state index in [1.807, 2.05) is 30.3 Å². The Labute approximate surface area is 266 Å². The average Bonchev–Trinajstić information content (AvgIpc) is 3.23. The van der Waals surface area contributed by atoms with Gasteiger partial charge in [-0.25, -0.2) is 9.69 Å². The van der Waals surface area contributed by atoms with Crippen LogP contribution in [-0.2, 0) is 39.8 Å². The molecule has 0 N–H and O–H groups in total. The van der Waals surface area contributed by atoms with Crippen LogP contribution in [0.4, 0.5) is 4.79 Å². The van der Waals surface area contributed by atoms with Crippen molar-refractivity contribution < 1.29 is 38.0 Å². The van der Waals surface area contributed by atoms with E-state index < -0.39 is 35.9 Å². The topological polar surface area (TPSA) is 92.8 Å². The molecule has 1 aromatic rings. The molecule has 9 heteroatoms. The molecule has 9 nitrogen and oxygen atoms in total. The third-order valence-electron chi connectivity index (χ3n) is 7.66. The lowest BCUT2D eigenvalue weighted by Crippen LogP contribution is -2.44. The molecular formula is C35H59NO8. The largest absolute Gasteiger partial charge is 0.443 e. The Kier molecular flexibility index (Phi) is 18.1. The molecule has 1 fully saturated rings. The Hall–Kier alpha value is -2.04. The minimum atomic E-state index is -0.928. The first-order valence-corrected chi connectivity index (χ1v) is 16.5. The van der Waals surface area contributed by atoms with Crippen molar-refractivity contribution in [1.29, 1.82) is 0 Å². The van der Waals surface area contributed by atoms with E-state index in [4.69, 9.17) is 28.4 Å². The monoisotopic (exact) mass is 621 g/mol. The first-order valence-electron chi connectivity index (χ1n) is 16.5. The molecule has 2 amide bonds. The van der Waals surface area contributed by atoms with Crippen molar-refractivity contribution in [3.8, 4) is 0 Å². The normalized spacial score (nSPS) is 19.6. The van der Waals surface area contributed by atoms with E-state index in [2.05, 4.69) is 13.8 Å². The quantitative estimate of drug-likeness (QED) is 0.0963. The van der Waals surface area contributed by atoms with E-state index in [0.29, 0.717) is 19.1 Å². The zero-order valence-corrected chi connectivity index (χ0v) is 28.4. The van der Waals surface area contributed by atoms with Crippen LogP contribution in [0.3, 0.4) is 0 Å². The number of methoxy groups -OCH3 is 2. The summed E-state index contributed by atoms with van der Waals surface area (Å²) < 4.78 is 33.9. The van der Waals surface area contributed by atoms with E-state index in [0.717, 1.165) is 37.7 Å². The van der Waals surface area contributed by atoms with Crippen LogP contribution in [-0.4, -0.2) is 74.7 Å². The molecule has 1 heterocycles. The number of ether oxygens (including phenoxy) is 6. The van der Waals surface area contributed by atoms with Gasteiger partial charge in [0.05, 0.1) is 18.8 Å². The highest BCUT2D eigenvalue weighted by Gasteiger charge is 2.53. The van der Waals surface area contributed by atoms with Gasteiger partial charge in [0.15, 0.2) is 6.10 Å². The van der Waals surface area contributed by atoms with E-state index in [9.17, 15) is 9.59 Å². The van der Waals surface area contributed by atoms with Gasteiger partial charge in [-0.05, 0) is 51.5 Å². The molecule has 0 spiro atoms. The first-order chi connectivity index (χ1) is 21.1. The first kappa shape index (κ1) is 38.1. The molecule has 1 aliphatic heterocycles. The summed E-state index contributed by atoms with van der Waals surface area (Å²) in [5.74, 6) is 0.189. The highest BCUT2D eigenvalue weighted by atomic mass is 16.7. The second-order valence-electron chi connectivity index (χ2n) is 13.2. The summed E-state index contributed by atoms with van der Waals surface area (Å²) in [7, 11) is 3.21. The Morgan fingerprint density at radius 2 is 1.48 bits per heavy atom. The summed E-state index contributed by atoms with van der Waals surface area (Å²) in [5, 5.41) is 0. The molecule has 44 heavy (non-hydrogen) atoms. The van der Waals surface area contributed by atoms with Gasteiger partial charge in [0.1, 0.15) is 25.3 Å². The van der Waals surface area contributed by atoms with Crippen LogP contribution < -0.4 is 0 Å². The average molecular weight is 622 g/mol. The molecule has 1 aromatic carbocycles. The fourth-order valence-electron chi connectivity index (χ4n) is 5.64. The Bertz CT molecular complexity index is 919. The van der Waals surface area contributed by atoms with Gasteiger partial charge in [-0.2, -0.15) is 0 Å². The maximum atomic E-state index is 13.6. The van der Waals surface area contributed by atoms with Gasteiger partial charge >= 0.3 is 6.09 Å². The Balaban J connectivity index is 1.88. The number of amides is 2. The minimum absolute atomic E-state index is 0.00146. The number of carbonyl (C=O) groups excluding carboxylic acids is 2. The van der Waals surface area contributed by atoms with Gasteiger partial charge in [0.2, 0.25) is 0 Å². The molecule has 0 bridgehead atoms.